The first-order valence-corrected chi connectivity index (χ1v) is 56.8. The standard InChI is InChI=1S/C115H207N5O16/c1-6-11-16-21-26-31-36-41-46-51-56-61-66-71-76-81-96-132-106(121)91-86-101(116)111(126)117-102(87-92-107(122)133-97-82-77-72-67-62-57-52-47-42-37-32-27-22-17-12-7-2)112(127)118-103(88-93-108(123)134-98-83-78-73-68-63-58-53-48-43-38-33-28-23-18-13-8-3)113(128)119-104(89-94-109(124)135-99-84-79-74-69-64-59-54-49-44-39-34-29-24-19-14-9-4)114(129)120-105(115(130)131)90-95-110(125)136-100-85-80-75-70-65-60-55-50-45-40-35-30-25-20-15-10-5/h41-50,101-105H,6-40,51-100,116H2,1-5H3,(H,117,126)(H,118,127)(H,119,128)(H,120,129)(H,130,131)/b46-41-,47-42-,48-43-,49-44-,50-45-/t101-,102-,103-,104-,105-/m0/s1. The first-order valence-electron chi connectivity index (χ1n) is 56.8. The Bertz CT molecular complexity index is 2990. The number of nitrogens with one attached hydrogen (secondary N) is 4. The number of carboxylic acid groups (broad SMARTS) is 1. The lowest BCUT2D eigenvalue weighted by molar-refractivity contribution is -0.147. The van der Waals surface area contributed by atoms with Crippen LogP contribution in [0, 0.1) is 0 Å². The number of hydrogen-bond donors (Lipinski definition) is 6. The monoisotopic (exact) mass is 1910 g/mol. The molecule has 0 heterocycles. The fourth-order valence-electron chi connectivity index (χ4n) is 16.7. The van der Waals surface area contributed by atoms with Crippen LogP contribution in [-0.4, -0.2) is 128 Å². The van der Waals surface area contributed by atoms with Crippen molar-refractivity contribution >= 4 is 59.4 Å². The number of aliphatic carboxylic acids is 1. The quantitative estimate of drug-likeness (QED) is 0.0143. The summed E-state index contributed by atoms with van der Waals surface area (Å²) in [5.41, 5.74) is 6.47. The first-order chi connectivity index (χ1) is 66.5. The number of carbonyl (C=O) groups is 10. The summed E-state index contributed by atoms with van der Waals surface area (Å²) in [6, 6.07) is -7.80. The summed E-state index contributed by atoms with van der Waals surface area (Å²) in [4.78, 5) is 139. The van der Waals surface area contributed by atoms with Crippen LogP contribution >= 0.6 is 0 Å². The van der Waals surface area contributed by atoms with Gasteiger partial charge in [0.05, 0.1) is 39.1 Å². The summed E-state index contributed by atoms with van der Waals surface area (Å²) < 4.78 is 28.1. The topological polar surface area (TPSA) is 311 Å². The molecule has 0 bridgehead atoms. The summed E-state index contributed by atoms with van der Waals surface area (Å²) >= 11 is 0. The highest BCUT2D eigenvalue weighted by Crippen LogP contribution is 2.20. The smallest absolute Gasteiger partial charge is 0.326 e. The fourth-order valence-corrected chi connectivity index (χ4v) is 16.7. The second-order valence-corrected chi connectivity index (χ2v) is 38.7. The van der Waals surface area contributed by atoms with Gasteiger partial charge in [-0.25, -0.2) is 4.79 Å². The molecule has 0 fully saturated rings. The molecule has 0 aromatic carbocycles. The third-order valence-corrected chi connectivity index (χ3v) is 25.7. The summed E-state index contributed by atoms with van der Waals surface area (Å²) in [7, 11) is 0. The van der Waals surface area contributed by atoms with E-state index in [4.69, 9.17) is 29.4 Å². The Morgan fingerprint density at radius 3 is 0.537 bits per heavy atom. The second kappa shape index (κ2) is 103. The van der Waals surface area contributed by atoms with Crippen molar-refractivity contribution in [3.8, 4) is 0 Å². The molecule has 21 nitrogen and oxygen atoms in total. The zero-order chi connectivity index (χ0) is 99.2. The van der Waals surface area contributed by atoms with Crippen LogP contribution in [0.2, 0.25) is 0 Å². The number of allylic oxidation sites excluding steroid dienone is 10. The van der Waals surface area contributed by atoms with Crippen molar-refractivity contribution in [3.05, 3.63) is 60.8 Å². The van der Waals surface area contributed by atoms with Crippen LogP contribution in [0.3, 0.4) is 0 Å². The van der Waals surface area contributed by atoms with Crippen molar-refractivity contribution in [2.45, 2.75) is 578 Å². The molecular formula is C115H207N5O16. The third kappa shape index (κ3) is 91.2. The Hall–Kier alpha value is -6.64. The number of ether oxygens (including phenoxy) is 5. The van der Waals surface area contributed by atoms with Crippen LogP contribution in [0.25, 0.3) is 0 Å². The lowest BCUT2D eigenvalue weighted by atomic mass is 10.0. The van der Waals surface area contributed by atoms with Gasteiger partial charge in [0.15, 0.2) is 0 Å². The average Bonchev–Trinajstić information content (AvgIpc) is 0.861. The zero-order valence-electron chi connectivity index (χ0n) is 87.9. The predicted molar refractivity (Wildman–Crippen MR) is 562 cm³/mol. The van der Waals surface area contributed by atoms with Crippen LogP contribution in [0.15, 0.2) is 60.8 Å². The maximum Gasteiger partial charge on any atom is 0.326 e. The molecule has 0 spiro atoms. The van der Waals surface area contributed by atoms with Crippen LogP contribution in [0.1, 0.15) is 548 Å². The summed E-state index contributed by atoms with van der Waals surface area (Å²) in [5.74, 6) is -8.46. The van der Waals surface area contributed by atoms with E-state index in [1.165, 1.54) is 193 Å². The van der Waals surface area contributed by atoms with Crippen LogP contribution in [0.4, 0.5) is 0 Å². The van der Waals surface area contributed by atoms with Gasteiger partial charge in [-0.3, -0.25) is 43.2 Å². The lowest BCUT2D eigenvalue weighted by Crippen LogP contribution is -2.58. The molecular weight excluding hydrogens is 1710 g/mol. The van der Waals surface area contributed by atoms with Gasteiger partial charge in [0.2, 0.25) is 23.6 Å². The number of amides is 4. The maximum atomic E-state index is 15.1. The molecule has 136 heavy (non-hydrogen) atoms. The van der Waals surface area contributed by atoms with Crippen LogP contribution in [-0.2, 0) is 71.6 Å². The molecule has 0 rings (SSSR count). The number of esters is 5. The van der Waals surface area contributed by atoms with Gasteiger partial charge in [-0.15, -0.1) is 0 Å². The molecule has 21 heteroatoms. The van der Waals surface area contributed by atoms with Crippen molar-refractivity contribution in [3.63, 3.8) is 0 Å². The third-order valence-electron chi connectivity index (χ3n) is 25.7. The Kier molecular flexibility index (Phi) is 97.7. The number of nitrogens with two attached hydrogens (primary N) is 1. The van der Waals surface area contributed by atoms with E-state index in [2.05, 4.69) is 117 Å². The highest BCUT2D eigenvalue weighted by atomic mass is 16.5. The molecule has 0 aliphatic rings. The Labute approximate surface area is 830 Å². The number of carboxylic acids is 1. The highest BCUT2D eigenvalue weighted by Gasteiger charge is 2.34. The van der Waals surface area contributed by atoms with E-state index in [1.54, 1.807) is 0 Å². The maximum absolute atomic E-state index is 15.1. The van der Waals surface area contributed by atoms with Gasteiger partial charge in [0, 0.05) is 32.1 Å². The SMILES string of the molecule is CCCCCCCC/C=C\CCCCCCCCOC(=O)CC[C@H](NC(=O)[C@H](CCC(=O)OCCCCCCCC/C=C\CCCCCCCC)NC(=O)[C@H](CCC(=O)OCCCCCCCC/C=C\CCCCCCCC)NC(=O)[C@H](CCC(=O)OCCCCCCCC/C=C\CCCCCCCC)NC(=O)[C@@H](N)CCC(=O)OCCCCCCCC/C=C\CCCCCCCC)C(=O)O. The van der Waals surface area contributed by atoms with E-state index in [-0.39, 0.29) is 71.6 Å². The number of unbranched alkanes of at least 4 members (excludes halogenated alkanes) is 60. The predicted octanol–water partition coefficient (Wildman–Crippen LogP) is 29.1. The second-order valence-electron chi connectivity index (χ2n) is 38.7. The van der Waals surface area contributed by atoms with E-state index in [0.29, 0.717) is 32.1 Å². The molecule has 0 aliphatic heterocycles. The van der Waals surface area contributed by atoms with E-state index < -0.39 is 115 Å². The minimum atomic E-state index is -1.65. The number of carbonyl (C=O) groups excluding carboxylic acids is 9. The van der Waals surface area contributed by atoms with E-state index in [9.17, 15) is 48.3 Å². The summed E-state index contributed by atoms with van der Waals surface area (Å²) in [5, 5.41) is 21.0. The van der Waals surface area contributed by atoms with Gasteiger partial charge in [-0.05, 0) is 193 Å². The molecule has 0 saturated carbocycles. The Morgan fingerprint density at radius 1 is 0.206 bits per heavy atom. The van der Waals surface area contributed by atoms with Crippen molar-refractivity contribution in [2.24, 2.45) is 5.73 Å². The molecule has 5 atom stereocenters. The van der Waals surface area contributed by atoms with Crippen molar-refractivity contribution in [1.29, 1.82) is 0 Å². The van der Waals surface area contributed by atoms with E-state index in [0.717, 1.165) is 225 Å². The van der Waals surface area contributed by atoms with Gasteiger partial charge in [0.1, 0.15) is 24.2 Å². The van der Waals surface area contributed by atoms with Crippen molar-refractivity contribution in [1.82, 2.24) is 21.3 Å². The fraction of sp³-hybridized carbons (Fsp3) is 0.826. The molecule has 0 aromatic heterocycles. The molecule has 7 N–H and O–H groups in total. The lowest BCUT2D eigenvalue weighted by Gasteiger charge is -2.26. The average molecular weight is 1920 g/mol. The molecule has 0 radical (unpaired) electrons. The minimum absolute atomic E-state index is 0.108. The minimum Gasteiger partial charge on any atom is -0.480 e. The molecule has 788 valence electrons. The highest BCUT2D eigenvalue weighted by molar-refractivity contribution is 5.96. The summed E-state index contributed by atoms with van der Waals surface area (Å²) in [6.07, 6.45) is 98.1. The van der Waals surface area contributed by atoms with E-state index >= 15 is 4.79 Å². The molecule has 0 aliphatic carbocycles. The van der Waals surface area contributed by atoms with Gasteiger partial charge in [-0.1, -0.05) is 384 Å². The van der Waals surface area contributed by atoms with Gasteiger partial charge >= 0.3 is 35.8 Å². The molecule has 0 aromatic rings. The number of rotatable bonds is 104. The normalized spacial score (nSPS) is 12.8. The zero-order valence-corrected chi connectivity index (χ0v) is 87.9. The van der Waals surface area contributed by atoms with Gasteiger partial charge < -0.3 is 55.8 Å². The first kappa shape index (κ1) is 129. The molecule has 0 saturated heterocycles. The van der Waals surface area contributed by atoms with Crippen LogP contribution in [0.5, 0.6) is 0 Å². The van der Waals surface area contributed by atoms with Crippen molar-refractivity contribution < 1.29 is 76.7 Å². The van der Waals surface area contributed by atoms with Gasteiger partial charge in [0.25, 0.3) is 0 Å². The van der Waals surface area contributed by atoms with Gasteiger partial charge in [-0.2, -0.15) is 0 Å². The van der Waals surface area contributed by atoms with Crippen LogP contribution < -0.4 is 27.0 Å². The van der Waals surface area contributed by atoms with E-state index in [1.807, 2.05) is 0 Å². The summed E-state index contributed by atoms with van der Waals surface area (Å²) in [6.45, 7) is 11.9. The molecule has 0 unspecified atom stereocenters. The largest absolute Gasteiger partial charge is 0.480 e. The molecule has 4 amide bonds. The van der Waals surface area contributed by atoms with Crippen molar-refractivity contribution in [2.75, 3.05) is 33.0 Å². The Balaban J connectivity index is 6.84. The Morgan fingerprint density at radius 2 is 0.353 bits per heavy atom. The number of hydrogen-bond acceptors (Lipinski definition) is 16.